The Kier molecular flexibility index (Phi) is 17.6. The van der Waals surface area contributed by atoms with Gasteiger partial charge in [0.05, 0.1) is 6.61 Å². The molecular formula is C17H36O2S. The molecule has 0 aromatic carbocycles. The molecule has 0 bridgehead atoms. The summed E-state index contributed by atoms with van der Waals surface area (Å²) in [6.45, 7) is 2.75. The van der Waals surface area contributed by atoms with Crippen LogP contribution >= 0.6 is 12.6 Å². The molecule has 0 amide bonds. The molecule has 0 radical (unpaired) electrons. The molecule has 0 saturated carbocycles. The van der Waals surface area contributed by atoms with Crippen molar-refractivity contribution in [3.63, 3.8) is 0 Å². The van der Waals surface area contributed by atoms with Crippen LogP contribution in [0.25, 0.3) is 0 Å². The van der Waals surface area contributed by atoms with Crippen LogP contribution in [0.2, 0.25) is 0 Å². The van der Waals surface area contributed by atoms with Crippen molar-refractivity contribution in [2.75, 3.05) is 6.61 Å². The highest BCUT2D eigenvalue weighted by molar-refractivity contribution is 7.80. The van der Waals surface area contributed by atoms with E-state index in [0.717, 1.165) is 12.8 Å². The maximum Gasteiger partial charge on any atom is 0.0819 e. The van der Waals surface area contributed by atoms with Crippen LogP contribution in [-0.4, -0.2) is 17.1 Å². The van der Waals surface area contributed by atoms with E-state index in [1.54, 1.807) is 0 Å². The van der Waals surface area contributed by atoms with Crippen molar-refractivity contribution in [2.24, 2.45) is 0 Å². The van der Waals surface area contributed by atoms with Gasteiger partial charge in [-0.05, 0) is 19.3 Å². The van der Waals surface area contributed by atoms with Crippen LogP contribution in [0.15, 0.2) is 0 Å². The normalized spacial score (nSPS) is 12.8. The molecule has 122 valence electrons. The third-order valence-corrected chi connectivity index (χ3v) is 4.43. The van der Waals surface area contributed by atoms with Gasteiger partial charge in [-0.1, -0.05) is 77.6 Å². The number of unbranched alkanes of at least 4 members (excludes halogenated alkanes) is 10. The van der Waals surface area contributed by atoms with E-state index in [-0.39, 0.29) is 0 Å². The number of thiol groups is 1. The van der Waals surface area contributed by atoms with Crippen molar-refractivity contribution >= 4 is 12.6 Å². The van der Waals surface area contributed by atoms with Crippen molar-refractivity contribution < 1.29 is 10.1 Å². The Morgan fingerprint density at radius 2 is 1.20 bits per heavy atom. The first-order valence-corrected chi connectivity index (χ1v) is 9.27. The highest BCUT2D eigenvalue weighted by atomic mass is 32.1. The topological polar surface area (TPSA) is 29.5 Å². The highest BCUT2D eigenvalue weighted by Crippen LogP contribution is 2.17. The van der Waals surface area contributed by atoms with Crippen molar-refractivity contribution in [3.8, 4) is 0 Å². The van der Waals surface area contributed by atoms with Gasteiger partial charge in [0.25, 0.3) is 0 Å². The smallest absolute Gasteiger partial charge is 0.0819 e. The van der Waals surface area contributed by atoms with E-state index in [9.17, 15) is 0 Å². The van der Waals surface area contributed by atoms with E-state index in [4.69, 9.17) is 17.9 Å². The van der Waals surface area contributed by atoms with Crippen LogP contribution in [0.4, 0.5) is 0 Å². The first kappa shape index (κ1) is 20.3. The van der Waals surface area contributed by atoms with Crippen LogP contribution < -0.4 is 0 Å². The molecular weight excluding hydrogens is 268 g/mol. The van der Waals surface area contributed by atoms with Crippen LogP contribution in [0.5, 0.6) is 0 Å². The number of hydrogen-bond donors (Lipinski definition) is 2. The minimum atomic E-state index is 0.480. The van der Waals surface area contributed by atoms with Crippen molar-refractivity contribution in [2.45, 2.75) is 102 Å². The molecule has 0 saturated heterocycles. The number of hydrogen-bond acceptors (Lipinski definition) is 3. The fourth-order valence-electron chi connectivity index (χ4n) is 2.56. The van der Waals surface area contributed by atoms with Gasteiger partial charge in [0.2, 0.25) is 0 Å². The zero-order valence-corrected chi connectivity index (χ0v) is 14.4. The van der Waals surface area contributed by atoms with E-state index in [1.807, 2.05) is 0 Å². The third kappa shape index (κ3) is 16.3. The summed E-state index contributed by atoms with van der Waals surface area (Å²) in [4.78, 5) is 4.06. The minimum Gasteiger partial charge on any atom is -0.252 e. The Hall–Kier alpha value is 0.270. The van der Waals surface area contributed by atoms with Crippen molar-refractivity contribution in [3.05, 3.63) is 0 Å². The Bertz CT molecular complexity index is 158. The zero-order valence-electron chi connectivity index (χ0n) is 13.5. The predicted molar refractivity (Wildman–Crippen MR) is 91.7 cm³/mol. The second kappa shape index (κ2) is 17.3. The standard InChI is InChI=1S/C17H36O2S/c1-2-3-4-5-6-8-11-14-17(20)15-12-9-7-10-13-16-19-18/h17-18,20H,2-16H2,1H3. The maximum atomic E-state index is 8.19. The highest BCUT2D eigenvalue weighted by Gasteiger charge is 2.02. The molecule has 1 atom stereocenters. The zero-order chi connectivity index (χ0) is 14.9. The average Bonchev–Trinajstić information content (AvgIpc) is 2.45. The minimum absolute atomic E-state index is 0.480. The molecule has 0 aromatic rings. The molecule has 0 aliphatic heterocycles. The lowest BCUT2D eigenvalue weighted by Gasteiger charge is -2.10. The predicted octanol–water partition coefficient (Wildman–Crippen LogP) is 6.26. The van der Waals surface area contributed by atoms with Gasteiger partial charge < -0.3 is 0 Å². The van der Waals surface area contributed by atoms with Gasteiger partial charge in [0.1, 0.15) is 0 Å². The van der Waals surface area contributed by atoms with Gasteiger partial charge in [-0.2, -0.15) is 12.6 Å². The molecule has 1 N–H and O–H groups in total. The second-order valence-electron chi connectivity index (χ2n) is 5.95. The molecule has 0 fully saturated rings. The molecule has 0 heterocycles. The fourth-order valence-corrected chi connectivity index (χ4v) is 2.92. The Labute approximate surface area is 132 Å². The van der Waals surface area contributed by atoms with Crippen molar-refractivity contribution in [1.82, 2.24) is 0 Å². The van der Waals surface area contributed by atoms with Crippen LogP contribution in [-0.2, 0) is 4.89 Å². The first-order chi connectivity index (χ1) is 9.81. The maximum absolute atomic E-state index is 8.19. The van der Waals surface area contributed by atoms with Gasteiger partial charge >= 0.3 is 0 Å². The summed E-state index contributed by atoms with van der Waals surface area (Å²) in [6, 6.07) is 0. The molecule has 3 heteroatoms. The molecule has 0 aromatic heterocycles. The van der Waals surface area contributed by atoms with E-state index in [0.29, 0.717) is 11.9 Å². The van der Waals surface area contributed by atoms with E-state index in [2.05, 4.69) is 11.8 Å². The number of rotatable bonds is 16. The SMILES string of the molecule is CCCCCCCCCC(S)CCCCCCCOO. The summed E-state index contributed by atoms with van der Waals surface area (Å²) in [6.07, 6.45) is 18.3. The second-order valence-corrected chi connectivity index (χ2v) is 6.68. The quantitative estimate of drug-likeness (QED) is 0.153. The molecule has 2 nitrogen and oxygen atoms in total. The Morgan fingerprint density at radius 1 is 0.750 bits per heavy atom. The lowest BCUT2D eigenvalue weighted by atomic mass is 10.0. The summed E-state index contributed by atoms with van der Waals surface area (Å²) in [5.74, 6) is 0. The van der Waals surface area contributed by atoms with E-state index < -0.39 is 0 Å². The molecule has 0 spiro atoms. The largest absolute Gasteiger partial charge is 0.252 e. The molecule has 0 aliphatic carbocycles. The molecule has 1 unspecified atom stereocenters. The van der Waals surface area contributed by atoms with Gasteiger partial charge in [-0.15, -0.1) is 0 Å². The molecule has 0 aliphatic rings. The first-order valence-electron chi connectivity index (χ1n) is 8.75. The monoisotopic (exact) mass is 304 g/mol. The fraction of sp³-hybridized carbons (Fsp3) is 1.00. The average molecular weight is 305 g/mol. The third-order valence-electron chi connectivity index (χ3n) is 3.91. The van der Waals surface area contributed by atoms with Crippen molar-refractivity contribution in [1.29, 1.82) is 0 Å². The van der Waals surface area contributed by atoms with Gasteiger partial charge in [-0.25, -0.2) is 4.89 Å². The summed E-state index contributed by atoms with van der Waals surface area (Å²) < 4.78 is 0. The molecule has 0 rings (SSSR count). The lowest BCUT2D eigenvalue weighted by Crippen LogP contribution is -1.99. The lowest BCUT2D eigenvalue weighted by molar-refractivity contribution is -0.242. The van der Waals surface area contributed by atoms with Crippen LogP contribution in [0, 0.1) is 0 Å². The summed E-state index contributed by atoms with van der Waals surface area (Å²) >= 11 is 4.69. The summed E-state index contributed by atoms with van der Waals surface area (Å²) in [5.41, 5.74) is 0. The van der Waals surface area contributed by atoms with Gasteiger partial charge in [0, 0.05) is 5.25 Å². The van der Waals surface area contributed by atoms with Gasteiger partial charge in [0.15, 0.2) is 0 Å². The summed E-state index contributed by atoms with van der Waals surface area (Å²) in [5, 5.41) is 8.80. The summed E-state index contributed by atoms with van der Waals surface area (Å²) in [7, 11) is 0. The Morgan fingerprint density at radius 3 is 1.70 bits per heavy atom. The van der Waals surface area contributed by atoms with E-state index >= 15 is 0 Å². The van der Waals surface area contributed by atoms with Crippen LogP contribution in [0.1, 0.15) is 96.8 Å². The van der Waals surface area contributed by atoms with Gasteiger partial charge in [-0.3, -0.25) is 5.26 Å². The molecule has 20 heavy (non-hydrogen) atoms. The Balaban J connectivity index is 3.11. The van der Waals surface area contributed by atoms with E-state index in [1.165, 1.54) is 77.0 Å². The van der Waals surface area contributed by atoms with Crippen LogP contribution in [0.3, 0.4) is 0 Å².